The van der Waals surface area contributed by atoms with Crippen LogP contribution in [0, 0.1) is 5.82 Å². The van der Waals surface area contributed by atoms with Gasteiger partial charge in [-0.05, 0) is 41.8 Å². The van der Waals surface area contributed by atoms with E-state index < -0.39 is 6.10 Å². The first-order valence-electron chi connectivity index (χ1n) is 6.83. The molecule has 2 nitrogen and oxygen atoms in total. The lowest BCUT2D eigenvalue weighted by Crippen LogP contribution is -2.24. The molecule has 0 saturated heterocycles. The zero-order chi connectivity index (χ0) is 14.5. The van der Waals surface area contributed by atoms with Crippen molar-refractivity contribution in [2.45, 2.75) is 19.4 Å². The number of hydrogen-bond donors (Lipinski definition) is 1. The molecule has 0 bridgehead atoms. The number of nitrogens with zero attached hydrogens (tertiary/aromatic N) is 1. The average molecular weight is 273 g/mol. The van der Waals surface area contributed by atoms with Gasteiger partial charge in [0.15, 0.2) is 0 Å². The summed E-state index contributed by atoms with van der Waals surface area (Å²) < 4.78 is 12.9. The Bertz CT molecular complexity index is 536. The fraction of sp³-hybridized carbons (Fsp3) is 0.294. The first kappa shape index (κ1) is 14.5. The zero-order valence-electron chi connectivity index (χ0n) is 11.9. The molecule has 2 rings (SSSR count). The SMILES string of the molecule is CCc1ccc(C(O)CN(C)c2ccc(F)cc2)cc1. The maximum absolute atomic E-state index is 12.9. The number of aryl methyl sites for hydroxylation is 1. The van der Waals surface area contributed by atoms with Crippen LogP contribution in [0.15, 0.2) is 48.5 Å². The Hall–Kier alpha value is -1.87. The van der Waals surface area contributed by atoms with E-state index in [1.807, 2.05) is 36.2 Å². The molecule has 2 aromatic rings. The van der Waals surface area contributed by atoms with E-state index in [4.69, 9.17) is 0 Å². The Kier molecular flexibility index (Phi) is 4.74. The number of hydrogen-bond acceptors (Lipinski definition) is 2. The molecule has 20 heavy (non-hydrogen) atoms. The number of likely N-dealkylation sites (N-methyl/N-ethyl adjacent to an activating group) is 1. The van der Waals surface area contributed by atoms with Crippen molar-refractivity contribution in [1.29, 1.82) is 0 Å². The minimum atomic E-state index is -0.559. The predicted molar refractivity (Wildman–Crippen MR) is 80.4 cm³/mol. The highest BCUT2D eigenvalue weighted by atomic mass is 19.1. The number of halogens is 1. The molecule has 0 aliphatic heterocycles. The minimum Gasteiger partial charge on any atom is -0.387 e. The number of aliphatic hydroxyl groups is 1. The van der Waals surface area contributed by atoms with Gasteiger partial charge in [-0.1, -0.05) is 31.2 Å². The Morgan fingerprint density at radius 2 is 1.65 bits per heavy atom. The Balaban J connectivity index is 2.02. The monoisotopic (exact) mass is 273 g/mol. The lowest BCUT2D eigenvalue weighted by molar-refractivity contribution is 0.185. The van der Waals surface area contributed by atoms with Gasteiger partial charge in [0, 0.05) is 19.3 Å². The van der Waals surface area contributed by atoms with Crippen molar-refractivity contribution in [1.82, 2.24) is 0 Å². The highest BCUT2D eigenvalue weighted by Gasteiger charge is 2.11. The summed E-state index contributed by atoms with van der Waals surface area (Å²) in [4.78, 5) is 1.91. The van der Waals surface area contributed by atoms with Crippen LogP contribution in [0.25, 0.3) is 0 Å². The summed E-state index contributed by atoms with van der Waals surface area (Å²) in [6.45, 7) is 2.57. The van der Waals surface area contributed by atoms with Crippen LogP contribution in [0.2, 0.25) is 0 Å². The van der Waals surface area contributed by atoms with E-state index in [1.165, 1.54) is 17.7 Å². The van der Waals surface area contributed by atoms with E-state index in [-0.39, 0.29) is 5.82 Å². The van der Waals surface area contributed by atoms with Crippen LogP contribution >= 0.6 is 0 Å². The highest BCUT2D eigenvalue weighted by molar-refractivity contribution is 5.45. The van der Waals surface area contributed by atoms with Gasteiger partial charge < -0.3 is 10.0 Å². The van der Waals surface area contributed by atoms with Gasteiger partial charge in [0.05, 0.1) is 6.10 Å². The van der Waals surface area contributed by atoms with Crippen molar-refractivity contribution in [3.8, 4) is 0 Å². The third kappa shape index (κ3) is 3.58. The van der Waals surface area contributed by atoms with E-state index in [1.54, 1.807) is 12.1 Å². The number of anilines is 1. The van der Waals surface area contributed by atoms with Gasteiger partial charge in [-0.2, -0.15) is 0 Å². The van der Waals surface area contributed by atoms with E-state index in [0.29, 0.717) is 6.54 Å². The largest absolute Gasteiger partial charge is 0.387 e. The molecule has 0 aliphatic carbocycles. The molecule has 0 aromatic heterocycles. The molecule has 106 valence electrons. The fourth-order valence-corrected chi connectivity index (χ4v) is 2.14. The molecule has 0 fully saturated rings. The van der Waals surface area contributed by atoms with Gasteiger partial charge in [0.25, 0.3) is 0 Å². The average Bonchev–Trinajstić information content (AvgIpc) is 2.48. The van der Waals surface area contributed by atoms with Gasteiger partial charge in [-0.15, -0.1) is 0 Å². The number of rotatable bonds is 5. The van der Waals surface area contributed by atoms with Crippen molar-refractivity contribution < 1.29 is 9.50 Å². The molecule has 1 unspecified atom stereocenters. The second-order valence-corrected chi connectivity index (χ2v) is 4.97. The summed E-state index contributed by atoms with van der Waals surface area (Å²) in [7, 11) is 1.89. The smallest absolute Gasteiger partial charge is 0.123 e. The molecule has 3 heteroatoms. The Morgan fingerprint density at radius 3 is 2.20 bits per heavy atom. The number of benzene rings is 2. The minimum absolute atomic E-state index is 0.252. The molecule has 1 N–H and O–H groups in total. The van der Waals surface area contributed by atoms with Crippen LogP contribution in [0.5, 0.6) is 0 Å². The lowest BCUT2D eigenvalue weighted by atomic mass is 10.1. The van der Waals surface area contributed by atoms with Crippen molar-refractivity contribution in [2.24, 2.45) is 0 Å². The zero-order valence-corrected chi connectivity index (χ0v) is 11.9. The molecule has 0 radical (unpaired) electrons. The quantitative estimate of drug-likeness (QED) is 0.900. The van der Waals surface area contributed by atoms with E-state index >= 15 is 0 Å². The van der Waals surface area contributed by atoms with Crippen LogP contribution in [0.1, 0.15) is 24.2 Å². The van der Waals surface area contributed by atoms with Crippen molar-refractivity contribution in [2.75, 3.05) is 18.5 Å². The maximum atomic E-state index is 12.9. The van der Waals surface area contributed by atoms with Crippen molar-refractivity contribution in [3.05, 3.63) is 65.5 Å². The Morgan fingerprint density at radius 1 is 1.05 bits per heavy atom. The molecule has 2 aromatic carbocycles. The van der Waals surface area contributed by atoms with Gasteiger partial charge in [0.1, 0.15) is 5.82 Å². The van der Waals surface area contributed by atoms with Crippen molar-refractivity contribution >= 4 is 5.69 Å². The number of aliphatic hydroxyl groups excluding tert-OH is 1. The summed E-state index contributed by atoms with van der Waals surface area (Å²) in [5.41, 5.74) is 3.04. The standard InChI is InChI=1S/C17H20FNO/c1-3-13-4-6-14(7-5-13)17(20)12-19(2)16-10-8-15(18)9-11-16/h4-11,17,20H,3,12H2,1-2H3. The molecule has 0 heterocycles. The van der Waals surface area contributed by atoms with E-state index in [0.717, 1.165) is 17.7 Å². The second-order valence-electron chi connectivity index (χ2n) is 4.97. The van der Waals surface area contributed by atoms with Crippen LogP contribution in [-0.4, -0.2) is 18.7 Å². The van der Waals surface area contributed by atoms with Gasteiger partial charge in [-0.25, -0.2) is 4.39 Å². The summed E-state index contributed by atoms with van der Waals surface area (Å²) in [5.74, 6) is -0.252. The summed E-state index contributed by atoms with van der Waals surface area (Å²) >= 11 is 0. The van der Waals surface area contributed by atoms with Gasteiger partial charge in [0.2, 0.25) is 0 Å². The van der Waals surface area contributed by atoms with Crippen LogP contribution in [0.3, 0.4) is 0 Å². The predicted octanol–water partition coefficient (Wildman–Crippen LogP) is 3.56. The molecular formula is C17H20FNO. The van der Waals surface area contributed by atoms with E-state index in [2.05, 4.69) is 6.92 Å². The van der Waals surface area contributed by atoms with Gasteiger partial charge >= 0.3 is 0 Å². The second kappa shape index (κ2) is 6.53. The highest BCUT2D eigenvalue weighted by Crippen LogP contribution is 2.19. The molecule has 0 saturated carbocycles. The topological polar surface area (TPSA) is 23.5 Å². The molecule has 0 spiro atoms. The fourth-order valence-electron chi connectivity index (χ4n) is 2.14. The first-order valence-corrected chi connectivity index (χ1v) is 6.83. The van der Waals surface area contributed by atoms with E-state index in [9.17, 15) is 9.50 Å². The molecule has 0 aliphatic rings. The summed E-state index contributed by atoms with van der Waals surface area (Å²) in [6, 6.07) is 14.3. The summed E-state index contributed by atoms with van der Waals surface area (Å²) in [6.07, 6.45) is 0.433. The van der Waals surface area contributed by atoms with Crippen LogP contribution in [-0.2, 0) is 6.42 Å². The third-order valence-electron chi connectivity index (χ3n) is 3.49. The van der Waals surface area contributed by atoms with Crippen LogP contribution < -0.4 is 4.90 Å². The lowest BCUT2D eigenvalue weighted by Gasteiger charge is -2.23. The van der Waals surface area contributed by atoms with Gasteiger partial charge in [-0.3, -0.25) is 0 Å². The van der Waals surface area contributed by atoms with Crippen molar-refractivity contribution in [3.63, 3.8) is 0 Å². The normalized spacial score (nSPS) is 12.2. The molecular weight excluding hydrogens is 253 g/mol. The molecule has 1 atom stereocenters. The molecule has 0 amide bonds. The third-order valence-corrected chi connectivity index (χ3v) is 3.49. The summed E-state index contributed by atoms with van der Waals surface area (Å²) in [5, 5.41) is 10.3. The maximum Gasteiger partial charge on any atom is 0.123 e. The first-order chi connectivity index (χ1) is 9.60. The van der Waals surface area contributed by atoms with Crippen LogP contribution in [0.4, 0.5) is 10.1 Å². The Labute approximate surface area is 119 Å².